The van der Waals surface area contributed by atoms with E-state index in [2.05, 4.69) is 44.2 Å². The van der Waals surface area contributed by atoms with Gasteiger partial charge in [-0.15, -0.1) is 5.10 Å². The van der Waals surface area contributed by atoms with E-state index >= 15 is 0 Å². The fourth-order valence-corrected chi connectivity index (χ4v) is 3.86. The van der Waals surface area contributed by atoms with E-state index in [4.69, 9.17) is 0 Å². The predicted molar refractivity (Wildman–Crippen MR) is 105 cm³/mol. The average molecular weight is 389 g/mol. The van der Waals surface area contributed by atoms with Crippen LogP contribution in [0.15, 0.2) is 12.4 Å². The molecule has 3 rings (SSSR count). The fraction of sp³-hybridized carbons (Fsp3) is 0.737. The first-order valence-corrected chi connectivity index (χ1v) is 10.2. The second-order valence-electron chi connectivity index (χ2n) is 8.13. The first kappa shape index (κ1) is 20.4. The van der Waals surface area contributed by atoms with E-state index in [1.54, 1.807) is 6.92 Å². The van der Waals surface area contributed by atoms with Gasteiger partial charge in [0.1, 0.15) is 5.82 Å². The third-order valence-electron chi connectivity index (χ3n) is 5.56. The number of aromatic nitrogens is 6. The van der Waals surface area contributed by atoms with Crippen LogP contribution in [-0.4, -0.2) is 60.2 Å². The van der Waals surface area contributed by atoms with Crippen molar-refractivity contribution in [2.75, 3.05) is 19.6 Å². The number of nitrogens with one attached hydrogen (secondary N) is 1. The van der Waals surface area contributed by atoms with Crippen molar-refractivity contribution in [1.82, 2.24) is 40.0 Å². The molecule has 0 saturated carbocycles. The second kappa shape index (κ2) is 8.81. The van der Waals surface area contributed by atoms with Gasteiger partial charge in [0, 0.05) is 52.0 Å². The highest BCUT2D eigenvalue weighted by molar-refractivity contribution is 5.73. The summed E-state index contributed by atoms with van der Waals surface area (Å²) in [5.74, 6) is 2.50. The Morgan fingerprint density at radius 1 is 1.36 bits per heavy atom. The van der Waals surface area contributed by atoms with Crippen LogP contribution in [0.5, 0.6) is 0 Å². The number of tetrazole rings is 1. The fourth-order valence-electron chi connectivity index (χ4n) is 3.86. The predicted octanol–water partition coefficient (Wildman–Crippen LogP) is 1.35. The van der Waals surface area contributed by atoms with Crippen molar-refractivity contribution in [3.63, 3.8) is 0 Å². The molecule has 28 heavy (non-hydrogen) atoms. The summed E-state index contributed by atoms with van der Waals surface area (Å²) in [5.41, 5.74) is -0.432. The first-order valence-electron chi connectivity index (χ1n) is 10.2. The number of hydrogen-bond donors (Lipinski definition) is 1. The lowest BCUT2D eigenvalue weighted by Crippen LogP contribution is -2.57. The van der Waals surface area contributed by atoms with Crippen molar-refractivity contribution in [2.45, 2.75) is 65.6 Å². The Hall–Kier alpha value is -2.29. The van der Waals surface area contributed by atoms with Crippen molar-refractivity contribution in [3.05, 3.63) is 24.0 Å². The number of aryl methyl sites for hydroxylation is 2. The van der Waals surface area contributed by atoms with Crippen molar-refractivity contribution >= 4 is 5.91 Å². The minimum Gasteiger partial charge on any atom is -0.341 e. The molecule has 1 saturated heterocycles. The maximum Gasteiger partial charge on any atom is 0.219 e. The van der Waals surface area contributed by atoms with Gasteiger partial charge in [0.15, 0.2) is 5.82 Å². The monoisotopic (exact) mass is 388 g/mol. The van der Waals surface area contributed by atoms with Crippen LogP contribution < -0.4 is 5.32 Å². The Bertz CT molecular complexity index is 783. The van der Waals surface area contributed by atoms with Gasteiger partial charge in [0.25, 0.3) is 0 Å². The number of piperidine rings is 1. The largest absolute Gasteiger partial charge is 0.341 e. The van der Waals surface area contributed by atoms with Gasteiger partial charge < -0.3 is 14.8 Å². The number of carbonyl (C=O) groups excluding carboxylic acids is 1. The molecule has 0 aromatic carbocycles. The Balaban J connectivity index is 1.81. The van der Waals surface area contributed by atoms with Crippen LogP contribution >= 0.6 is 0 Å². The summed E-state index contributed by atoms with van der Waals surface area (Å²) in [5, 5.41) is 16.3. The summed E-state index contributed by atoms with van der Waals surface area (Å²) in [6, 6.07) is 0. The van der Waals surface area contributed by atoms with E-state index in [9.17, 15) is 4.79 Å². The molecular weight excluding hydrogens is 356 g/mol. The zero-order chi connectivity index (χ0) is 20.1. The average Bonchev–Trinajstić information content (AvgIpc) is 3.29. The Labute approximate surface area is 166 Å². The molecule has 1 aliphatic rings. The summed E-state index contributed by atoms with van der Waals surface area (Å²) in [6.45, 7) is 11.7. The molecule has 0 aliphatic carbocycles. The van der Waals surface area contributed by atoms with Gasteiger partial charge in [0.2, 0.25) is 5.91 Å². The first-order chi connectivity index (χ1) is 13.4. The van der Waals surface area contributed by atoms with Crippen molar-refractivity contribution in [2.24, 2.45) is 5.92 Å². The van der Waals surface area contributed by atoms with Gasteiger partial charge in [-0.25, -0.2) is 9.67 Å². The molecule has 1 aliphatic heterocycles. The molecule has 0 spiro atoms. The third-order valence-corrected chi connectivity index (χ3v) is 5.56. The molecular formula is C19H32N8O. The lowest BCUT2D eigenvalue weighted by molar-refractivity contribution is -0.131. The quantitative estimate of drug-likeness (QED) is 0.734. The van der Waals surface area contributed by atoms with E-state index < -0.39 is 5.54 Å². The van der Waals surface area contributed by atoms with Crippen LogP contribution in [-0.2, 0) is 23.4 Å². The van der Waals surface area contributed by atoms with E-state index in [1.165, 1.54) is 0 Å². The van der Waals surface area contributed by atoms with Crippen LogP contribution in [0.4, 0.5) is 0 Å². The normalized spacial score (nSPS) is 20.1. The van der Waals surface area contributed by atoms with Crippen LogP contribution in [0.2, 0.25) is 0 Å². The number of rotatable bonds is 8. The lowest BCUT2D eigenvalue weighted by Gasteiger charge is -2.42. The number of carbonyl (C=O) groups is 1. The highest BCUT2D eigenvalue weighted by atomic mass is 16.2. The molecule has 1 unspecified atom stereocenters. The zero-order valence-electron chi connectivity index (χ0n) is 17.4. The summed E-state index contributed by atoms with van der Waals surface area (Å²) in [4.78, 5) is 18.3. The second-order valence-corrected chi connectivity index (χ2v) is 8.13. The third kappa shape index (κ3) is 4.57. The van der Waals surface area contributed by atoms with E-state index in [1.807, 2.05) is 28.9 Å². The number of imidazole rings is 1. The van der Waals surface area contributed by atoms with E-state index in [0.29, 0.717) is 12.5 Å². The SMILES string of the molecule is CC(=O)N1CCCC(NCCn2ccnc2C)(c2nnnn2CCC(C)C)C1. The molecule has 9 nitrogen and oxygen atoms in total. The van der Waals surface area contributed by atoms with E-state index in [0.717, 1.165) is 57.1 Å². The Morgan fingerprint density at radius 3 is 2.86 bits per heavy atom. The van der Waals surface area contributed by atoms with Gasteiger partial charge in [-0.2, -0.15) is 0 Å². The topological polar surface area (TPSA) is 93.8 Å². The van der Waals surface area contributed by atoms with Crippen LogP contribution in [0.3, 0.4) is 0 Å². The molecule has 9 heteroatoms. The van der Waals surface area contributed by atoms with Crippen molar-refractivity contribution in [3.8, 4) is 0 Å². The minimum absolute atomic E-state index is 0.0949. The minimum atomic E-state index is -0.432. The summed E-state index contributed by atoms with van der Waals surface area (Å²) in [6.07, 6.45) is 6.64. The molecule has 0 bridgehead atoms. The number of likely N-dealkylation sites (tertiary alicyclic amines) is 1. The maximum absolute atomic E-state index is 12.1. The Morgan fingerprint density at radius 2 is 2.18 bits per heavy atom. The van der Waals surface area contributed by atoms with Crippen LogP contribution in [0, 0.1) is 12.8 Å². The highest BCUT2D eigenvalue weighted by Gasteiger charge is 2.42. The van der Waals surface area contributed by atoms with Gasteiger partial charge in [0.05, 0.1) is 5.54 Å². The smallest absolute Gasteiger partial charge is 0.219 e. The lowest BCUT2D eigenvalue weighted by atomic mass is 9.87. The number of amides is 1. The molecule has 2 aromatic heterocycles. The molecule has 1 fully saturated rings. The molecule has 1 atom stereocenters. The molecule has 3 heterocycles. The molecule has 2 aromatic rings. The standard InChI is InChI=1S/C19H32N8O/c1-15(2)6-11-27-18(22-23-24-27)19(7-5-10-26(14-19)17(4)28)21-9-13-25-12-8-20-16(25)3/h8,12,15,21H,5-7,9-11,13-14H2,1-4H3. The summed E-state index contributed by atoms with van der Waals surface area (Å²) >= 11 is 0. The van der Waals surface area contributed by atoms with Gasteiger partial charge in [-0.1, -0.05) is 13.8 Å². The van der Waals surface area contributed by atoms with Gasteiger partial charge in [-0.3, -0.25) is 4.79 Å². The summed E-state index contributed by atoms with van der Waals surface area (Å²) in [7, 11) is 0. The van der Waals surface area contributed by atoms with Crippen LogP contribution in [0.1, 0.15) is 51.7 Å². The molecule has 154 valence electrons. The van der Waals surface area contributed by atoms with Gasteiger partial charge >= 0.3 is 0 Å². The van der Waals surface area contributed by atoms with Crippen molar-refractivity contribution < 1.29 is 4.79 Å². The highest BCUT2D eigenvalue weighted by Crippen LogP contribution is 2.30. The van der Waals surface area contributed by atoms with E-state index in [-0.39, 0.29) is 5.91 Å². The molecule has 0 radical (unpaired) electrons. The molecule has 1 N–H and O–H groups in total. The maximum atomic E-state index is 12.1. The zero-order valence-corrected chi connectivity index (χ0v) is 17.4. The van der Waals surface area contributed by atoms with Crippen LogP contribution in [0.25, 0.3) is 0 Å². The molecule has 1 amide bonds. The van der Waals surface area contributed by atoms with Gasteiger partial charge in [-0.05, 0) is 42.5 Å². The number of nitrogens with zero attached hydrogens (tertiary/aromatic N) is 7. The van der Waals surface area contributed by atoms with Crippen molar-refractivity contribution in [1.29, 1.82) is 0 Å². The number of hydrogen-bond acceptors (Lipinski definition) is 6. The summed E-state index contributed by atoms with van der Waals surface area (Å²) < 4.78 is 4.03. The Kier molecular flexibility index (Phi) is 6.43.